The molecule has 1 atom stereocenters. The molecule has 0 saturated heterocycles. The third-order valence-corrected chi connectivity index (χ3v) is 1.54. The van der Waals surface area contributed by atoms with Gasteiger partial charge in [0.05, 0.1) is 11.7 Å². The normalized spacial score (nSPS) is 12.8. The van der Waals surface area contributed by atoms with E-state index in [2.05, 4.69) is 0 Å². The van der Waals surface area contributed by atoms with Crippen LogP contribution in [0.25, 0.3) is 0 Å². The van der Waals surface area contributed by atoms with E-state index in [1.54, 1.807) is 0 Å². The number of hydrogen-bond acceptors (Lipinski definition) is 4. The Balaban J connectivity index is 3.28. The van der Waals surface area contributed by atoms with Crippen molar-refractivity contribution < 1.29 is 20.4 Å². The Morgan fingerprint density at radius 1 is 1.08 bits per heavy atom. The number of phenols is 3. The molecule has 0 radical (unpaired) electrons. The molecule has 0 aromatic heterocycles. The Hall–Kier alpha value is -1.42. The quantitative estimate of drug-likeness (QED) is 0.503. The first-order valence-electron chi connectivity index (χ1n) is 3.45. The van der Waals surface area contributed by atoms with E-state index in [-0.39, 0.29) is 22.8 Å². The Morgan fingerprint density at radius 3 is 1.83 bits per heavy atom. The topological polar surface area (TPSA) is 80.9 Å². The van der Waals surface area contributed by atoms with Crippen LogP contribution in [0.5, 0.6) is 17.2 Å². The molecular weight excluding hydrogens is 160 g/mol. The zero-order valence-corrected chi connectivity index (χ0v) is 6.52. The smallest absolute Gasteiger partial charge is 0.128 e. The second-order valence-electron chi connectivity index (χ2n) is 2.57. The number of aliphatic hydroxyl groups is 1. The Labute approximate surface area is 69.3 Å². The summed E-state index contributed by atoms with van der Waals surface area (Å²) in [5, 5.41) is 36.3. The summed E-state index contributed by atoms with van der Waals surface area (Å²) < 4.78 is 0. The molecule has 0 heterocycles. The van der Waals surface area contributed by atoms with Crippen molar-refractivity contribution in [3.63, 3.8) is 0 Å². The van der Waals surface area contributed by atoms with Gasteiger partial charge in [-0.2, -0.15) is 0 Å². The van der Waals surface area contributed by atoms with Crippen molar-refractivity contribution in [1.29, 1.82) is 0 Å². The van der Waals surface area contributed by atoms with Crippen molar-refractivity contribution in [2.24, 2.45) is 0 Å². The first kappa shape index (κ1) is 8.67. The van der Waals surface area contributed by atoms with Gasteiger partial charge in [0.25, 0.3) is 0 Å². The number of rotatable bonds is 1. The Bertz CT molecular complexity index is 270. The van der Waals surface area contributed by atoms with Crippen LogP contribution in [0.4, 0.5) is 0 Å². The van der Waals surface area contributed by atoms with Crippen LogP contribution in [0.15, 0.2) is 12.1 Å². The molecule has 12 heavy (non-hydrogen) atoms. The maximum Gasteiger partial charge on any atom is 0.128 e. The van der Waals surface area contributed by atoms with Crippen LogP contribution in [0, 0.1) is 0 Å². The highest BCUT2D eigenvalue weighted by atomic mass is 16.3. The minimum atomic E-state index is -0.967. The molecule has 1 aromatic carbocycles. The van der Waals surface area contributed by atoms with E-state index >= 15 is 0 Å². The summed E-state index contributed by atoms with van der Waals surface area (Å²) in [5.74, 6) is -0.876. The number of phenolic OH excluding ortho intramolecular Hbond substituents is 3. The van der Waals surface area contributed by atoms with Gasteiger partial charge in [0, 0.05) is 12.1 Å². The minimum Gasteiger partial charge on any atom is -0.508 e. The molecule has 4 N–H and O–H groups in total. The molecule has 4 nitrogen and oxygen atoms in total. The lowest BCUT2D eigenvalue weighted by Crippen LogP contribution is -1.92. The second kappa shape index (κ2) is 2.91. The average molecular weight is 170 g/mol. The van der Waals surface area contributed by atoms with Gasteiger partial charge < -0.3 is 20.4 Å². The third-order valence-electron chi connectivity index (χ3n) is 1.54. The summed E-state index contributed by atoms with van der Waals surface area (Å²) >= 11 is 0. The fourth-order valence-electron chi connectivity index (χ4n) is 1.04. The van der Waals surface area contributed by atoms with E-state index in [0.29, 0.717) is 0 Å². The van der Waals surface area contributed by atoms with E-state index < -0.39 is 6.10 Å². The maximum atomic E-state index is 9.16. The van der Waals surface area contributed by atoms with Gasteiger partial charge in [0.15, 0.2) is 0 Å². The van der Waals surface area contributed by atoms with E-state index in [4.69, 9.17) is 20.4 Å². The van der Waals surface area contributed by atoms with Gasteiger partial charge in [-0.15, -0.1) is 0 Å². The van der Waals surface area contributed by atoms with E-state index in [1.165, 1.54) is 6.92 Å². The molecule has 0 aliphatic rings. The number of hydrogen-bond donors (Lipinski definition) is 4. The molecule has 1 aromatic rings. The summed E-state index contributed by atoms with van der Waals surface area (Å²) in [6.45, 7) is 1.41. The van der Waals surface area contributed by atoms with Gasteiger partial charge in [0.2, 0.25) is 0 Å². The molecule has 0 fully saturated rings. The first-order chi connectivity index (χ1) is 5.52. The van der Waals surface area contributed by atoms with Crippen molar-refractivity contribution in [2.45, 2.75) is 13.0 Å². The Kier molecular flexibility index (Phi) is 2.10. The van der Waals surface area contributed by atoms with Crippen LogP contribution < -0.4 is 0 Å². The highest BCUT2D eigenvalue weighted by molar-refractivity contribution is 5.49. The van der Waals surface area contributed by atoms with Gasteiger partial charge in [-0.3, -0.25) is 0 Å². The van der Waals surface area contributed by atoms with Crippen LogP contribution in [-0.4, -0.2) is 20.4 Å². The van der Waals surface area contributed by atoms with Crippen LogP contribution >= 0.6 is 0 Å². The van der Waals surface area contributed by atoms with Crippen LogP contribution in [-0.2, 0) is 0 Å². The molecule has 1 unspecified atom stereocenters. The zero-order valence-electron chi connectivity index (χ0n) is 6.52. The summed E-state index contributed by atoms with van der Waals surface area (Å²) in [4.78, 5) is 0. The third kappa shape index (κ3) is 1.43. The number of aromatic hydroxyl groups is 3. The van der Waals surface area contributed by atoms with Crippen molar-refractivity contribution in [2.75, 3.05) is 0 Å². The summed E-state index contributed by atoms with van der Waals surface area (Å²) in [7, 11) is 0. The lowest BCUT2D eigenvalue weighted by atomic mass is 10.1. The fourth-order valence-corrected chi connectivity index (χ4v) is 1.04. The Morgan fingerprint density at radius 2 is 1.50 bits per heavy atom. The molecule has 0 saturated carbocycles. The second-order valence-corrected chi connectivity index (χ2v) is 2.57. The van der Waals surface area contributed by atoms with Gasteiger partial charge in [0.1, 0.15) is 17.2 Å². The fraction of sp³-hybridized carbons (Fsp3) is 0.250. The van der Waals surface area contributed by atoms with Crippen molar-refractivity contribution in [3.05, 3.63) is 17.7 Å². The summed E-state index contributed by atoms with van der Waals surface area (Å²) in [6.07, 6.45) is -0.967. The molecule has 4 heteroatoms. The van der Waals surface area contributed by atoms with E-state index in [1.807, 2.05) is 0 Å². The van der Waals surface area contributed by atoms with Gasteiger partial charge >= 0.3 is 0 Å². The number of benzene rings is 1. The van der Waals surface area contributed by atoms with Crippen molar-refractivity contribution in [3.8, 4) is 17.2 Å². The van der Waals surface area contributed by atoms with Gasteiger partial charge in [-0.25, -0.2) is 0 Å². The summed E-state index contributed by atoms with van der Waals surface area (Å²) in [5.41, 5.74) is 0.0211. The molecule has 1 rings (SSSR count). The van der Waals surface area contributed by atoms with Crippen LogP contribution in [0.1, 0.15) is 18.6 Å². The highest BCUT2D eigenvalue weighted by Gasteiger charge is 2.13. The van der Waals surface area contributed by atoms with E-state index in [0.717, 1.165) is 12.1 Å². The standard InChI is InChI=1S/C8H10O4/c1-4(9)8-6(11)2-5(10)3-7(8)12/h2-4,9-12H,1H3. The lowest BCUT2D eigenvalue weighted by Gasteiger charge is -2.09. The predicted octanol–water partition coefficient (Wildman–Crippen LogP) is 0.857. The molecule has 0 amide bonds. The first-order valence-corrected chi connectivity index (χ1v) is 3.45. The van der Waals surface area contributed by atoms with Crippen LogP contribution in [0.3, 0.4) is 0 Å². The monoisotopic (exact) mass is 170 g/mol. The average Bonchev–Trinajstić information content (AvgIpc) is 1.82. The zero-order chi connectivity index (χ0) is 9.30. The SMILES string of the molecule is CC(O)c1c(O)cc(O)cc1O. The molecule has 0 aliphatic heterocycles. The summed E-state index contributed by atoms with van der Waals surface area (Å²) in [6, 6.07) is 2.11. The molecular formula is C8H10O4. The van der Waals surface area contributed by atoms with Gasteiger partial charge in [-0.1, -0.05) is 0 Å². The number of aliphatic hydroxyl groups excluding tert-OH is 1. The lowest BCUT2D eigenvalue weighted by molar-refractivity contribution is 0.190. The van der Waals surface area contributed by atoms with E-state index in [9.17, 15) is 0 Å². The largest absolute Gasteiger partial charge is 0.508 e. The minimum absolute atomic E-state index is 0.0211. The maximum absolute atomic E-state index is 9.16. The van der Waals surface area contributed by atoms with Crippen molar-refractivity contribution >= 4 is 0 Å². The molecule has 0 aliphatic carbocycles. The molecule has 0 spiro atoms. The predicted molar refractivity (Wildman–Crippen MR) is 42.1 cm³/mol. The van der Waals surface area contributed by atoms with Crippen molar-refractivity contribution in [1.82, 2.24) is 0 Å². The van der Waals surface area contributed by atoms with Gasteiger partial charge in [-0.05, 0) is 6.92 Å². The molecule has 0 bridgehead atoms. The highest BCUT2D eigenvalue weighted by Crippen LogP contribution is 2.35. The van der Waals surface area contributed by atoms with Crippen LogP contribution in [0.2, 0.25) is 0 Å². The molecule has 66 valence electrons.